The Kier molecular flexibility index (Phi) is 8.54. The number of hydrogen-bond donors (Lipinski definition) is 0. The second-order valence-electron chi connectivity index (χ2n) is 8.96. The first-order valence-corrected chi connectivity index (χ1v) is 13.8. The molecule has 0 N–H and O–H groups in total. The van der Waals surface area contributed by atoms with Gasteiger partial charge in [-0.25, -0.2) is 4.98 Å². The van der Waals surface area contributed by atoms with Crippen molar-refractivity contribution in [1.82, 2.24) is 4.98 Å². The molecule has 1 unspecified atom stereocenters. The fraction of sp³-hybridized carbons (Fsp3) is 0.684. The number of aromatic nitrogens is 1. The number of halogens is 1. The molecule has 0 aliphatic rings. The molecule has 148 valence electrons. The molecule has 1 rings (SSSR count). The zero-order valence-corrected chi connectivity index (χ0v) is 20.8. The number of rotatable bonds is 7. The zero-order chi connectivity index (χ0) is 20.2. The summed E-state index contributed by atoms with van der Waals surface area (Å²) in [5.74, 6) is 0. The Labute approximate surface area is 171 Å². The van der Waals surface area contributed by atoms with Gasteiger partial charge < -0.3 is 8.98 Å². The van der Waals surface area contributed by atoms with E-state index in [1.807, 2.05) is 39.0 Å². The summed E-state index contributed by atoms with van der Waals surface area (Å²) in [4.78, 5) is 4.49. The predicted octanol–water partition coefficient (Wildman–Crippen LogP) is 5.90. The highest BCUT2D eigenvalue weighted by molar-refractivity contribution is 9.10. The van der Waals surface area contributed by atoms with Crippen molar-refractivity contribution in [2.24, 2.45) is 4.40 Å². The topological polar surface area (TPSA) is 57.5 Å². The van der Waals surface area contributed by atoms with E-state index in [9.17, 15) is 4.55 Å². The third-order valence-electron chi connectivity index (χ3n) is 4.55. The maximum Gasteiger partial charge on any atom is 0.191 e. The summed E-state index contributed by atoms with van der Waals surface area (Å²) in [7, 11) is -1.75. The molecule has 1 aromatic heterocycles. The summed E-state index contributed by atoms with van der Waals surface area (Å²) >= 11 is 2.09. The van der Waals surface area contributed by atoms with Gasteiger partial charge in [-0.05, 0) is 79.8 Å². The Hall–Kier alpha value is -0.213. The van der Waals surface area contributed by atoms with Crippen molar-refractivity contribution in [3.8, 4) is 0 Å². The average molecular weight is 462 g/mol. The Morgan fingerprint density at radius 3 is 2.35 bits per heavy atom. The fourth-order valence-corrected chi connectivity index (χ4v) is 3.90. The standard InChI is InChI=1S/C19H33BrN2O2SSi/c1-18(2,3)25(23)22-16(15-11-9-13-17(20)21-15)12-10-14-24-26(7,8)19(4,5)6/h9,11,13H,10,12,14H2,1-8H3/b22-16+. The van der Waals surface area contributed by atoms with Gasteiger partial charge in [0.2, 0.25) is 0 Å². The molecule has 26 heavy (non-hydrogen) atoms. The Morgan fingerprint density at radius 2 is 1.85 bits per heavy atom. The van der Waals surface area contributed by atoms with E-state index in [1.54, 1.807) is 0 Å². The highest BCUT2D eigenvalue weighted by Crippen LogP contribution is 2.36. The fourth-order valence-electron chi connectivity index (χ4n) is 1.81. The maximum absolute atomic E-state index is 12.5. The van der Waals surface area contributed by atoms with Crippen LogP contribution in [0.3, 0.4) is 0 Å². The van der Waals surface area contributed by atoms with Crippen LogP contribution in [0.2, 0.25) is 18.1 Å². The van der Waals surface area contributed by atoms with Crippen molar-refractivity contribution in [2.75, 3.05) is 6.61 Å². The lowest BCUT2D eigenvalue weighted by atomic mass is 10.1. The minimum absolute atomic E-state index is 0.198. The summed E-state index contributed by atoms with van der Waals surface area (Å²) in [6, 6.07) is 5.72. The van der Waals surface area contributed by atoms with Gasteiger partial charge in [-0.3, -0.25) is 0 Å². The maximum atomic E-state index is 12.5. The van der Waals surface area contributed by atoms with Crippen LogP contribution in [0.25, 0.3) is 0 Å². The first-order chi connectivity index (χ1) is 11.7. The second kappa shape index (κ2) is 9.32. The van der Waals surface area contributed by atoms with Crippen molar-refractivity contribution in [3.05, 3.63) is 28.5 Å². The molecule has 0 saturated carbocycles. The number of nitrogens with zero attached hydrogens (tertiary/aromatic N) is 2. The van der Waals surface area contributed by atoms with Gasteiger partial charge in [0.1, 0.15) is 26.4 Å². The van der Waals surface area contributed by atoms with Crippen LogP contribution >= 0.6 is 15.9 Å². The van der Waals surface area contributed by atoms with Crippen LogP contribution < -0.4 is 0 Å². The van der Waals surface area contributed by atoms with Crippen LogP contribution in [0.5, 0.6) is 0 Å². The lowest BCUT2D eigenvalue weighted by Gasteiger charge is -2.36. The molecular formula is C19H33BrN2O2SSi. The lowest BCUT2D eigenvalue weighted by molar-refractivity contribution is 0.285. The molecule has 1 atom stereocenters. The van der Waals surface area contributed by atoms with E-state index in [0.717, 1.165) is 22.4 Å². The SMILES string of the molecule is CC(C)(C)[S+]([O-])/N=C(\CCCO[Si](C)(C)C(C)(C)C)c1cccc(Br)n1. The summed E-state index contributed by atoms with van der Waals surface area (Å²) < 4.78 is 23.6. The monoisotopic (exact) mass is 460 g/mol. The van der Waals surface area contributed by atoms with Crippen LogP contribution in [0, 0.1) is 0 Å². The molecule has 0 aliphatic heterocycles. The van der Waals surface area contributed by atoms with Crippen molar-refractivity contribution >= 4 is 41.3 Å². The highest BCUT2D eigenvalue weighted by atomic mass is 79.9. The summed E-state index contributed by atoms with van der Waals surface area (Å²) in [5, 5.41) is 0.198. The van der Waals surface area contributed by atoms with E-state index >= 15 is 0 Å². The minimum atomic E-state index is -1.75. The lowest BCUT2D eigenvalue weighted by Crippen LogP contribution is -2.41. The molecule has 0 fully saturated rings. The molecule has 4 nitrogen and oxygen atoms in total. The van der Waals surface area contributed by atoms with Crippen LogP contribution in [0.1, 0.15) is 60.1 Å². The first-order valence-electron chi connectivity index (χ1n) is 9.00. The summed E-state index contributed by atoms with van der Waals surface area (Å²) in [5.41, 5.74) is 1.54. The molecule has 0 amide bonds. The molecule has 0 radical (unpaired) electrons. The van der Waals surface area contributed by atoms with Crippen LogP contribution in [-0.2, 0) is 15.8 Å². The van der Waals surface area contributed by atoms with Crippen LogP contribution in [-0.4, -0.2) is 34.9 Å². The second-order valence-corrected chi connectivity index (χ2v) is 16.5. The van der Waals surface area contributed by atoms with Gasteiger partial charge >= 0.3 is 0 Å². The molecule has 0 saturated heterocycles. The quantitative estimate of drug-likeness (QED) is 0.167. The smallest absolute Gasteiger partial charge is 0.191 e. The summed E-state index contributed by atoms with van der Waals surface area (Å²) in [6.45, 7) is 17.7. The van der Waals surface area contributed by atoms with Crippen molar-refractivity contribution in [2.45, 2.75) is 77.3 Å². The molecule has 0 aromatic carbocycles. The van der Waals surface area contributed by atoms with E-state index < -0.39 is 24.4 Å². The predicted molar refractivity (Wildman–Crippen MR) is 119 cm³/mol. The van der Waals surface area contributed by atoms with Crippen LogP contribution in [0.4, 0.5) is 0 Å². The molecular weight excluding hydrogens is 428 g/mol. The van der Waals surface area contributed by atoms with E-state index in [-0.39, 0.29) is 5.04 Å². The number of pyridine rings is 1. The Morgan fingerprint density at radius 1 is 1.23 bits per heavy atom. The van der Waals surface area contributed by atoms with Gasteiger partial charge in [0.15, 0.2) is 8.32 Å². The highest BCUT2D eigenvalue weighted by Gasteiger charge is 2.36. The first kappa shape index (κ1) is 23.8. The van der Waals surface area contributed by atoms with Gasteiger partial charge in [0, 0.05) is 6.61 Å². The molecule has 7 heteroatoms. The third kappa shape index (κ3) is 7.42. The largest absolute Gasteiger partial charge is 0.591 e. The van der Waals surface area contributed by atoms with E-state index in [4.69, 9.17) is 4.43 Å². The van der Waals surface area contributed by atoms with Gasteiger partial charge in [-0.2, -0.15) is 0 Å². The van der Waals surface area contributed by atoms with Crippen LogP contribution in [0.15, 0.2) is 27.2 Å². The van der Waals surface area contributed by atoms with E-state index in [0.29, 0.717) is 13.0 Å². The molecule has 0 bridgehead atoms. The average Bonchev–Trinajstić information content (AvgIpc) is 2.48. The van der Waals surface area contributed by atoms with E-state index in [2.05, 4.69) is 59.2 Å². The Balaban J connectivity index is 2.86. The minimum Gasteiger partial charge on any atom is -0.591 e. The van der Waals surface area contributed by atoms with Gasteiger partial charge in [-0.15, -0.1) is 0 Å². The van der Waals surface area contributed by atoms with Crippen molar-refractivity contribution in [1.29, 1.82) is 0 Å². The molecule has 1 aromatic rings. The van der Waals surface area contributed by atoms with Gasteiger partial charge in [0.25, 0.3) is 0 Å². The van der Waals surface area contributed by atoms with Crippen molar-refractivity contribution < 1.29 is 8.98 Å². The number of hydrogen-bond acceptors (Lipinski definition) is 4. The molecule has 0 spiro atoms. The Bertz CT molecular complexity index is 625. The summed E-state index contributed by atoms with van der Waals surface area (Å²) in [6.07, 6.45) is 1.53. The zero-order valence-electron chi connectivity index (χ0n) is 17.4. The molecule has 0 aliphatic carbocycles. The van der Waals surface area contributed by atoms with E-state index in [1.165, 1.54) is 0 Å². The normalized spacial score (nSPS) is 15.2. The van der Waals surface area contributed by atoms with Crippen molar-refractivity contribution in [3.63, 3.8) is 0 Å². The van der Waals surface area contributed by atoms with Gasteiger partial charge in [0.05, 0.1) is 5.69 Å². The third-order valence-corrected chi connectivity index (χ3v) is 11.0. The molecule has 1 heterocycles. The van der Waals surface area contributed by atoms with Gasteiger partial charge in [-0.1, -0.05) is 31.2 Å².